The Bertz CT molecular complexity index is 536. The van der Waals surface area contributed by atoms with E-state index in [1.807, 2.05) is 11.0 Å². The van der Waals surface area contributed by atoms with Gasteiger partial charge in [-0.3, -0.25) is 9.69 Å². The normalized spacial score (nSPS) is 19.7. The maximum atomic E-state index is 13.3. The molecule has 1 aromatic rings. The molecule has 3 nitrogen and oxygen atoms in total. The standard InChI is InChI=1S/C19H27FN2O/c1-2-22(18-6-7-18)19(23)14-21-10-8-15(9-11-21)12-16-4-3-5-17(20)13-16/h3-5,13,15,18H,2,6-12,14H2,1H3. The minimum absolute atomic E-state index is 0.148. The van der Waals surface area contributed by atoms with Crippen molar-refractivity contribution in [1.29, 1.82) is 0 Å². The van der Waals surface area contributed by atoms with E-state index in [1.54, 1.807) is 12.1 Å². The van der Waals surface area contributed by atoms with Gasteiger partial charge >= 0.3 is 0 Å². The van der Waals surface area contributed by atoms with E-state index in [-0.39, 0.29) is 5.82 Å². The number of likely N-dealkylation sites (N-methyl/N-ethyl adjacent to an activating group) is 1. The van der Waals surface area contributed by atoms with Crippen LogP contribution in [-0.2, 0) is 11.2 Å². The van der Waals surface area contributed by atoms with Crippen LogP contribution in [0.5, 0.6) is 0 Å². The summed E-state index contributed by atoms with van der Waals surface area (Å²) in [7, 11) is 0. The molecule has 1 aromatic carbocycles. The lowest BCUT2D eigenvalue weighted by Crippen LogP contribution is -2.44. The molecule has 1 aliphatic carbocycles. The Balaban J connectivity index is 1.44. The number of likely N-dealkylation sites (tertiary alicyclic amines) is 1. The van der Waals surface area contributed by atoms with Crippen LogP contribution in [0.25, 0.3) is 0 Å². The lowest BCUT2D eigenvalue weighted by molar-refractivity contribution is -0.133. The third-order valence-electron chi connectivity index (χ3n) is 5.13. The maximum Gasteiger partial charge on any atom is 0.236 e. The zero-order chi connectivity index (χ0) is 16.2. The molecule has 0 unspecified atom stereocenters. The Morgan fingerprint density at radius 2 is 2.00 bits per heavy atom. The summed E-state index contributed by atoms with van der Waals surface area (Å²) in [5.41, 5.74) is 1.09. The quantitative estimate of drug-likeness (QED) is 0.805. The minimum atomic E-state index is -0.148. The lowest BCUT2D eigenvalue weighted by Gasteiger charge is -2.33. The van der Waals surface area contributed by atoms with E-state index >= 15 is 0 Å². The van der Waals surface area contributed by atoms with Crippen molar-refractivity contribution in [3.8, 4) is 0 Å². The van der Waals surface area contributed by atoms with Crippen molar-refractivity contribution < 1.29 is 9.18 Å². The number of carbonyl (C=O) groups is 1. The molecule has 2 fully saturated rings. The fraction of sp³-hybridized carbons (Fsp3) is 0.632. The molecule has 1 aliphatic heterocycles. The van der Waals surface area contributed by atoms with Crippen molar-refractivity contribution in [3.05, 3.63) is 35.6 Å². The Morgan fingerprint density at radius 3 is 2.61 bits per heavy atom. The van der Waals surface area contributed by atoms with E-state index in [4.69, 9.17) is 0 Å². The van der Waals surface area contributed by atoms with Gasteiger partial charge in [0.15, 0.2) is 0 Å². The van der Waals surface area contributed by atoms with Crippen LogP contribution < -0.4 is 0 Å². The summed E-state index contributed by atoms with van der Waals surface area (Å²) in [5, 5.41) is 0. The molecule has 0 spiro atoms. The molecule has 0 atom stereocenters. The summed E-state index contributed by atoms with van der Waals surface area (Å²) < 4.78 is 13.3. The first-order valence-corrected chi connectivity index (χ1v) is 8.92. The zero-order valence-corrected chi connectivity index (χ0v) is 14.0. The average Bonchev–Trinajstić information content (AvgIpc) is 3.35. The van der Waals surface area contributed by atoms with Gasteiger partial charge in [0, 0.05) is 12.6 Å². The van der Waals surface area contributed by atoms with E-state index in [0.717, 1.165) is 44.5 Å². The second kappa shape index (κ2) is 7.43. The van der Waals surface area contributed by atoms with Crippen molar-refractivity contribution in [2.45, 2.75) is 45.1 Å². The van der Waals surface area contributed by atoms with Crippen molar-refractivity contribution in [2.75, 3.05) is 26.2 Å². The van der Waals surface area contributed by atoms with Gasteiger partial charge in [-0.15, -0.1) is 0 Å². The largest absolute Gasteiger partial charge is 0.339 e. The van der Waals surface area contributed by atoms with E-state index in [9.17, 15) is 9.18 Å². The van der Waals surface area contributed by atoms with Gasteiger partial charge in [0.05, 0.1) is 6.54 Å². The first-order valence-electron chi connectivity index (χ1n) is 8.92. The number of rotatable bonds is 6. The summed E-state index contributed by atoms with van der Waals surface area (Å²) in [4.78, 5) is 16.7. The highest BCUT2D eigenvalue weighted by Crippen LogP contribution is 2.27. The molecule has 1 amide bonds. The van der Waals surface area contributed by atoms with Gasteiger partial charge < -0.3 is 4.90 Å². The van der Waals surface area contributed by atoms with Crippen LogP contribution in [0.15, 0.2) is 24.3 Å². The Hall–Kier alpha value is -1.42. The smallest absolute Gasteiger partial charge is 0.236 e. The summed E-state index contributed by atoms with van der Waals surface area (Å²) in [6.45, 7) is 5.43. The van der Waals surface area contributed by atoms with Gasteiger partial charge in [-0.1, -0.05) is 12.1 Å². The molecule has 1 saturated heterocycles. The van der Waals surface area contributed by atoms with Crippen molar-refractivity contribution in [1.82, 2.24) is 9.80 Å². The van der Waals surface area contributed by atoms with Crippen molar-refractivity contribution in [2.24, 2.45) is 5.92 Å². The Kier molecular flexibility index (Phi) is 5.31. The summed E-state index contributed by atoms with van der Waals surface area (Å²) in [5.74, 6) is 0.748. The summed E-state index contributed by atoms with van der Waals surface area (Å²) >= 11 is 0. The highest BCUT2D eigenvalue weighted by Gasteiger charge is 2.32. The first-order chi connectivity index (χ1) is 11.2. The minimum Gasteiger partial charge on any atom is -0.339 e. The first kappa shape index (κ1) is 16.4. The van der Waals surface area contributed by atoms with Crippen LogP contribution >= 0.6 is 0 Å². The average molecular weight is 318 g/mol. The molecule has 0 aromatic heterocycles. The molecule has 23 heavy (non-hydrogen) atoms. The highest BCUT2D eigenvalue weighted by atomic mass is 19.1. The monoisotopic (exact) mass is 318 g/mol. The molecule has 0 N–H and O–H groups in total. The number of halogens is 1. The van der Waals surface area contributed by atoms with Gasteiger partial charge in [0.2, 0.25) is 5.91 Å². The number of amides is 1. The van der Waals surface area contributed by atoms with Gasteiger partial charge in [0.1, 0.15) is 5.82 Å². The van der Waals surface area contributed by atoms with Crippen molar-refractivity contribution in [3.63, 3.8) is 0 Å². The number of nitrogens with zero attached hydrogens (tertiary/aromatic N) is 2. The van der Waals surface area contributed by atoms with Crippen molar-refractivity contribution >= 4 is 5.91 Å². The number of hydrogen-bond acceptors (Lipinski definition) is 2. The Labute approximate surface area is 138 Å². The molecule has 4 heteroatoms. The second-order valence-corrected chi connectivity index (χ2v) is 6.96. The molecular weight excluding hydrogens is 291 g/mol. The third kappa shape index (κ3) is 4.54. The van der Waals surface area contributed by atoms with Crippen LogP contribution in [0.3, 0.4) is 0 Å². The molecule has 1 heterocycles. The molecule has 0 bridgehead atoms. The predicted molar refractivity (Wildman–Crippen MR) is 89.7 cm³/mol. The maximum absolute atomic E-state index is 13.3. The van der Waals surface area contributed by atoms with Crippen LogP contribution in [0.1, 0.15) is 38.2 Å². The fourth-order valence-corrected chi connectivity index (χ4v) is 3.65. The molecule has 126 valence electrons. The number of benzene rings is 1. The molecule has 2 aliphatic rings. The molecule has 3 rings (SSSR count). The topological polar surface area (TPSA) is 23.6 Å². The number of hydrogen-bond donors (Lipinski definition) is 0. The second-order valence-electron chi connectivity index (χ2n) is 6.96. The third-order valence-corrected chi connectivity index (χ3v) is 5.13. The van der Waals surface area contributed by atoms with Gasteiger partial charge in [0.25, 0.3) is 0 Å². The van der Waals surface area contributed by atoms with Crippen LogP contribution in [0, 0.1) is 11.7 Å². The van der Waals surface area contributed by atoms with Gasteiger partial charge in [-0.2, -0.15) is 0 Å². The van der Waals surface area contributed by atoms with Crippen LogP contribution in [-0.4, -0.2) is 47.9 Å². The number of piperidine rings is 1. The summed E-state index contributed by atoms with van der Waals surface area (Å²) in [6.07, 6.45) is 5.49. The lowest BCUT2D eigenvalue weighted by atomic mass is 9.90. The summed E-state index contributed by atoms with van der Waals surface area (Å²) in [6, 6.07) is 7.45. The van der Waals surface area contributed by atoms with Crippen LogP contribution in [0.2, 0.25) is 0 Å². The molecular formula is C19H27FN2O. The predicted octanol–water partition coefficient (Wildman–Crippen LogP) is 3.09. The highest BCUT2D eigenvalue weighted by molar-refractivity contribution is 5.78. The number of carbonyl (C=O) groups excluding carboxylic acids is 1. The Morgan fingerprint density at radius 1 is 1.26 bits per heavy atom. The van der Waals surface area contributed by atoms with E-state index in [0.29, 0.717) is 24.4 Å². The van der Waals surface area contributed by atoms with Gasteiger partial charge in [-0.25, -0.2) is 4.39 Å². The van der Waals surface area contributed by atoms with E-state index in [2.05, 4.69) is 11.8 Å². The molecule has 1 saturated carbocycles. The van der Waals surface area contributed by atoms with E-state index in [1.165, 1.54) is 18.9 Å². The molecule has 0 radical (unpaired) electrons. The van der Waals surface area contributed by atoms with Gasteiger partial charge in [-0.05, 0) is 75.7 Å². The zero-order valence-electron chi connectivity index (χ0n) is 14.0. The van der Waals surface area contributed by atoms with E-state index < -0.39 is 0 Å². The van der Waals surface area contributed by atoms with Crippen LogP contribution in [0.4, 0.5) is 4.39 Å². The SMILES string of the molecule is CCN(C(=O)CN1CCC(Cc2cccc(F)c2)CC1)C1CC1. The fourth-order valence-electron chi connectivity index (χ4n) is 3.65.